The fourth-order valence-corrected chi connectivity index (χ4v) is 5.17. The minimum Gasteiger partial charge on any atom is -0.486 e. The van der Waals surface area contributed by atoms with Crippen molar-refractivity contribution in [1.29, 1.82) is 0 Å². The van der Waals surface area contributed by atoms with E-state index in [-0.39, 0.29) is 15.9 Å². The van der Waals surface area contributed by atoms with Crippen LogP contribution in [0.4, 0.5) is 0 Å². The summed E-state index contributed by atoms with van der Waals surface area (Å²) in [4.78, 5) is 11.6. The summed E-state index contributed by atoms with van der Waals surface area (Å²) < 4.78 is 36.7. The zero-order chi connectivity index (χ0) is 16.3. The Labute approximate surface area is 133 Å². The Kier molecular flexibility index (Phi) is 5.43. The molecule has 0 saturated carbocycles. The van der Waals surface area contributed by atoms with Gasteiger partial charge in [0.05, 0.1) is 7.11 Å². The molecule has 9 heteroatoms. The van der Waals surface area contributed by atoms with E-state index in [0.29, 0.717) is 26.1 Å². The molecule has 0 radical (unpaired) electrons. The molecule has 0 aliphatic carbocycles. The summed E-state index contributed by atoms with van der Waals surface area (Å²) in [5.41, 5.74) is 0. The molecule has 1 aliphatic heterocycles. The van der Waals surface area contributed by atoms with Gasteiger partial charge < -0.3 is 14.6 Å². The van der Waals surface area contributed by atoms with Crippen molar-refractivity contribution in [3.05, 3.63) is 11.4 Å². The largest absolute Gasteiger partial charge is 0.486 e. The highest BCUT2D eigenvalue weighted by molar-refractivity contribution is 7.89. The van der Waals surface area contributed by atoms with E-state index in [0.717, 1.165) is 15.6 Å². The summed E-state index contributed by atoms with van der Waals surface area (Å²) >= 11 is 1.15. The van der Waals surface area contributed by atoms with Crippen LogP contribution in [0.15, 0.2) is 16.3 Å². The van der Waals surface area contributed by atoms with Gasteiger partial charge in [0, 0.05) is 20.3 Å². The number of rotatable bonds is 6. The molecule has 1 unspecified atom stereocenters. The molecule has 1 saturated heterocycles. The Balaban J connectivity index is 2.33. The Bertz CT molecular complexity index is 620. The summed E-state index contributed by atoms with van der Waals surface area (Å²) in [7, 11) is -1.24. The van der Waals surface area contributed by atoms with Gasteiger partial charge in [-0.2, -0.15) is 4.31 Å². The highest BCUT2D eigenvalue weighted by Gasteiger charge is 2.40. The lowest BCUT2D eigenvalue weighted by Crippen LogP contribution is -2.48. The van der Waals surface area contributed by atoms with E-state index in [1.54, 1.807) is 5.38 Å². The van der Waals surface area contributed by atoms with Crippen molar-refractivity contribution in [2.45, 2.75) is 23.8 Å². The maximum Gasteiger partial charge on any atom is 0.322 e. The Morgan fingerprint density at radius 1 is 1.50 bits per heavy atom. The summed E-state index contributed by atoms with van der Waals surface area (Å²) in [5.74, 6) is -1.41. The molecule has 1 aromatic rings. The topological polar surface area (TPSA) is 93.1 Å². The molecular weight excluding hydrogens is 330 g/mol. The van der Waals surface area contributed by atoms with Crippen molar-refractivity contribution in [2.24, 2.45) is 5.92 Å². The van der Waals surface area contributed by atoms with Gasteiger partial charge in [-0.1, -0.05) is 0 Å². The second-order valence-corrected chi connectivity index (χ2v) is 7.88. The molecule has 0 bridgehead atoms. The van der Waals surface area contributed by atoms with Crippen molar-refractivity contribution in [3.63, 3.8) is 0 Å². The second kappa shape index (κ2) is 6.95. The molecule has 0 spiro atoms. The SMILES string of the molecule is COc1sccc1S(=O)(=O)N(C)C(C(=O)O)C1CCOCC1. The minimum absolute atomic E-state index is 0.000749. The van der Waals surface area contributed by atoms with Crippen LogP contribution in [0.1, 0.15) is 12.8 Å². The van der Waals surface area contributed by atoms with Gasteiger partial charge in [0.1, 0.15) is 10.9 Å². The third-order valence-corrected chi connectivity index (χ3v) is 6.66. The second-order valence-electron chi connectivity index (χ2n) is 5.03. The Hall–Kier alpha value is -1.16. The fourth-order valence-electron chi connectivity index (χ4n) is 2.61. The van der Waals surface area contributed by atoms with Crippen LogP contribution in [0.2, 0.25) is 0 Å². The predicted octanol–water partition coefficient (Wildman–Crippen LogP) is 1.26. The van der Waals surface area contributed by atoms with E-state index in [9.17, 15) is 18.3 Å². The van der Waals surface area contributed by atoms with Crippen molar-refractivity contribution >= 4 is 27.3 Å². The average molecular weight is 349 g/mol. The summed E-state index contributed by atoms with van der Waals surface area (Å²) in [6.45, 7) is 0.897. The molecule has 0 amide bonds. The first-order valence-electron chi connectivity index (χ1n) is 6.79. The number of carboxylic acids is 1. The van der Waals surface area contributed by atoms with Gasteiger partial charge in [0.2, 0.25) is 10.0 Å². The van der Waals surface area contributed by atoms with Gasteiger partial charge in [-0.15, -0.1) is 11.3 Å². The van der Waals surface area contributed by atoms with Gasteiger partial charge >= 0.3 is 5.97 Å². The van der Waals surface area contributed by atoms with Crippen LogP contribution in [0.3, 0.4) is 0 Å². The lowest BCUT2D eigenvalue weighted by molar-refractivity contribution is -0.144. The van der Waals surface area contributed by atoms with Crippen LogP contribution in [0.5, 0.6) is 5.06 Å². The van der Waals surface area contributed by atoms with Crippen LogP contribution in [-0.4, -0.2) is 57.2 Å². The monoisotopic (exact) mass is 349 g/mol. The van der Waals surface area contributed by atoms with Crippen molar-refractivity contribution < 1.29 is 27.8 Å². The zero-order valence-corrected chi connectivity index (χ0v) is 14.0. The van der Waals surface area contributed by atoms with Crippen LogP contribution >= 0.6 is 11.3 Å². The first-order valence-corrected chi connectivity index (χ1v) is 9.11. The van der Waals surface area contributed by atoms with Crippen LogP contribution in [-0.2, 0) is 19.6 Å². The van der Waals surface area contributed by atoms with Crippen LogP contribution in [0.25, 0.3) is 0 Å². The normalized spacial score (nSPS) is 18.3. The van der Waals surface area contributed by atoms with Gasteiger partial charge in [0.25, 0.3) is 0 Å². The van der Waals surface area contributed by atoms with E-state index < -0.39 is 22.0 Å². The smallest absolute Gasteiger partial charge is 0.322 e. The third kappa shape index (κ3) is 3.27. The molecule has 1 atom stereocenters. The number of thiophene rings is 1. The first-order chi connectivity index (χ1) is 10.4. The number of carbonyl (C=O) groups is 1. The summed E-state index contributed by atoms with van der Waals surface area (Å²) in [6.07, 6.45) is 1.05. The highest BCUT2D eigenvalue weighted by atomic mass is 32.2. The molecule has 124 valence electrons. The van der Waals surface area contributed by atoms with Gasteiger partial charge in [-0.3, -0.25) is 4.79 Å². The fraction of sp³-hybridized carbons (Fsp3) is 0.615. The number of sulfonamides is 1. The van der Waals surface area contributed by atoms with Gasteiger partial charge in [-0.25, -0.2) is 8.42 Å². The average Bonchev–Trinajstić information content (AvgIpc) is 2.97. The number of hydrogen-bond donors (Lipinski definition) is 1. The molecular formula is C13H19NO6S2. The first kappa shape index (κ1) is 17.2. The van der Waals surface area contributed by atoms with E-state index in [1.807, 2.05) is 0 Å². The molecule has 1 N–H and O–H groups in total. The number of aliphatic carboxylic acids is 1. The number of methoxy groups -OCH3 is 1. The quantitative estimate of drug-likeness (QED) is 0.831. The Morgan fingerprint density at radius 2 is 2.14 bits per heavy atom. The van der Waals surface area contributed by atoms with Crippen LogP contribution in [0, 0.1) is 5.92 Å². The number of hydrogen-bond acceptors (Lipinski definition) is 6. The maximum absolute atomic E-state index is 12.7. The van der Waals surface area contributed by atoms with Crippen LogP contribution < -0.4 is 4.74 Å². The van der Waals surface area contributed by atoms with E-state index in [2.05, 4.69) is 0 Å². The molecule has 1 fully saturated rings. The minimum atomic E-state index is -3.93. The lowest BCUT2D eigenvalue weighted by atomic mass is 9.92. The number of nitrogens with zero attached hydrogens (tertiary/aromatic N) is 1. The molecule has 1 aromatic heterocycles. The summed E-state index contributed by atoms with van der Waals surface area (Å²) in [6, 6.07) is 0.316. The van der Waals surface area contributed by atoms with Crippen molar-refractivity contribution in [2.75, 3.05) is 27.4 Å². The molecule has 22 heavy (non-hydrogen) atoms. The Morgan fingerprint density at radius 3 is 2.68 bits per heavy atom. The van der Waals surface area contributed by atoms with Gasteiger partial charge in [0.15, 0.2) is 5.06 Å². The van der Waals surface area contributed by atoms with E-state index >= 15 is 0 Å². The lowest BCUT2D eigenvalue weighted by Gasteiger charge is -2.33. The standard InChI is InChI=1S/C13H19NO6S2/c1-14(11(12(15)16)9-3-6-20-7-4-9)22(17,18)10-5-8-21-13(10)19-2/h5,8-9,11H,3-4,6-7H2,1-2H3,(H,15,16). The molecule has 2 heterocycles. The zero-order valence-electron chi connectivity index (χ0n) is 12.4. The number of ether oxygens (including phenoxy) is 2. The van der Waals surface area contributed by atoms with E-state index in [4.69, 9.17) is 9.47 Å². The number of carboxylic acid groups (broad SMARTS) is 1. The summed E-state index contributed by atoms with van der Waals surface area (Å²) in [5, 5.41) is 11.4. The molecule has 7 nitrogen and oxygen atoms in total. The van der Waals surface area contributed by atoms with Crippen molar-refractivity contribution in [1.82, 2.24) is 4.31 Å². The number of likely N-dealkylation sites (N-methyl/N-ethyl adjacent to an activating group) is 1. The van der Waals surface area contributed by atoms with Crippen molar-refractivity contribution in [3.8, 4) is 5.06 Å². The third-order valence-electron chi connectivity index (χ3n) is 3.80. The molecule has 1 aliphatic rings. The molecule has 0 aromatic carbocycles. The van der Waals surface area contributed by atoms with E-state index in [1.165, 1.54) is 20.2 Å². The predicted molar refractivity (Wildman–Crippen MR) is 80.8 cm³/mol. The molecule has 2 rings (SSSR count). The highest BCUT2D eigenvalue weighted by Crippen LogP contribution is 2.34. The van der Waals surface area contributed by atoms with Gasteiger partial charge in [-0.05, 0) is 30.2 Å². The maximum atomic E-state index is 12.7.